The fraction of sp³-hybridized carbons (Fsp3) is 0.189. The maximum atomic E-state index is 14.2. The Kier molecular flexibility index (Phi) is 7.10. The van der Waals surface area contributed by atoms with Crippen LogP contribution < -0.4 is 38.6 Å². The van der Waals surface area contributed by atoms with E-state index in [-0.39, 0.29) is 18.4 Å². The zero-order valence-corrected chi connectivity index (χ0v) is 26.1. The van der Waals surface area contributed by atoms with Crippen molar-refractivity contribution in [3.8, 4) is 28.7 Å². The number of ether oxygens (including phenoxy) is 5. The molecule has 4 aromatic carbocycles. The van der Waals surface area contributed by atoms with E-state index in [1.54, 1.807) is 14.2 Å². The van der Waals surface area contributed by atoms with Crippen molar-refractivity contribution in [1.82, 2.24) is 4.57 Å². The first kappa shape index (κ1) is 28.2. The van der Waals surface area contributed by atoms with E-state index < -0.39 is 0 Å². The molecule has 0 fully saturated rings. The van der Waals surface area contributed by atoms with Gasteiger partial charge in [0, 0.05) is 11.1 Å². The number of rotatable bonds is 7. The second kappa shape index (κ2) is 11.6. The number of allylic oxidation sites excluding steroid dienone is 1. The SMILES string of the molecule is COc1ccc(OC)c(C2C3=C(N=c4sc(=Cc5ccc(OCc6ccc7c(c6)OCO7)cc5)c(=O)n42)c2ccccc2CC3)c1. The Morgan fingerprint density at radius 2 is 1.74 bits per heavy atom. The lowest BCUT2D eigenvalue weighted by molar-refractivity contribution is 0.174. The van der Waals surface area contributed by atoms with Gasteiger partial charge in [-0.3, -0.25) is 9.36 Å². The number of methoxy groups -OCH3 is 2. The molecule has 0 radical (unpaired) electrons. The van der Waals surface area contributed by atoms with Gasteiger partial charge in [-0.1, -0.05) is 53.8 Å². The molecule has 1 atom stereocenters. The molecule has 1 aliphatic carbocycles. The van der Waals surface area contributed by atoms with Gasteiger partial charge in [0.05, 0.1) is 30.5 Å². The summed E-state index contributed by atoms with van der Waals surface area (Å²) in [5.41, 5.74) is 7.09. The Hall–Kier alpha value is -5.28. The Balaban J connectivity index is 1.17. The van der Waals surface area contributed by atoms with Crippen molar-refractivity contribution in [3.05, 3.63) is 138 Å². The van der Waals surface area contributed by atoms with E-state index in [1.807, 2.05) is 77.4 Å². The van der Waals surface area contributed by atoms with Crippen molar-refractivity contribution in [2.24, 2.45) is 4.99 Å². The van der Waals surface area contributed by atoms with Gasteiger partial charge in [-0.15, -0.1) is 0 Å². The van der Waals surface area contributed by atoms with Crippen molar-refractivity contribution >= 4 is 23.1 Å². The number of aryl methyl sites for hydroxylation is 1. The van der Waals surface area contributed by atoms with Crippen LogP contribution in [0, 0.1) is 0 Å². The summed E-state index contributed by atoms with van der Waals surface area (Å²) in [6, 6.07) is 27.3. The van der Waals surface area contributed by atoms with Crippen molar-refractivity contribution in [3.63, 3.8) is 0 Å². The summed E-state index contributed by atoms with van der Waals surface area (Å²) < 4.78 is 30.7. The van der Waals surface area contributed by atoms with Crippen LogP contribution in [0.1, 0.15) is 40.3 Å². The van der Waals surface area contributed by atoms with E-state index in [1.165, 1.54) is 16.9 Å². The highest BCUT2D eigenvalue weighted by molar-refractivity contribution is 7.07. The summed E-state index contributed by atoms with van der Waals surface area (Å²) in [5.74, 6) is 3.61. The molecule has 3 heterocycles. The molecule has 0 saturated heterocycles. The second-order valence-electron chi connectivity index (χ2n) is 11.3. The average Bonchev–Trinajstić information content (AvgIpc) is 3.70. The molecular weight excluding hydrogens is 600 g/mol. The first-order valence-corrected chi connectivity index (χ1v) is 15.9. The third kappa shape index (κ3) is 4.93. The summed E-state index contributed by atoms with van der Waals surface area (Å²) in [5, 5.41) is 0. The average molecular weight is 631 g/mol. The molecule has 0 bridgehead atoms. The van der Waals surface area contributed by atoms with Crippen LogP contribution in [0.3, 0.4) is 0 Å². The van der Waals surface area contributed by atoms with Gasteiger partial charge in [0.15, 0.2) is 16.3 Å². The minimum atomic E-state index is -0.376. The number of nitrogens with zero attached hydrogens (tertiary/aromatic N) is 2. The minimum absolute atomic E-state index is 0.0906. The summed E-state index contributed by atoms with van der Waals surface area (Å²) in [7, 11) is 3.30. The molecule has 0 spiro atoms. The molecule has 8 nitrogen and oxygen atoms in total. The second-order valence-corrected chi connectivity index (χ2v) is 12.3. The van der Waals surface area contributed by atoms with E-state index in [9.17, 15) is 4.79 Å². The molecular formula is C37H30N2O6S. The number of benzene rings is 4. The van der Waals surface area contributed by atoms with Gasteiger partial charge >= 0.3 is 0 Å². The highest BCUT2D eigenvalue weighted by Crippen LogP contribution is 2.44. The zero-order chi connectivity index (χ0) is 31.2. The smallest absolute Gasteiger partial charge is 0.271 e. The van der Waals surface area contributed by atoms with Crippen LogP contribution in [0.25, 0.3) is 11.8 Å². The quantitative estimate of drug-likeness (QED) is 0.232. The molecule has 230 valence electrons. The molecule has 9 heteroatoms. The van der Waals surface area contributed by atoms with Crippen LogP contribution in [0.5, 0.6) is 28.7 Å². The van der Waals surface area contributed by atoms with Crippen molar-refractivity contribution in [1.29, 1.82) is 0 Å². The Morgan fingerprint density at radius 1 is 0.913 bits per heavy atom. The summed E-state index contributed by atoms with van der Waals surface area (Å²) in [6.45, 7) is 0.640. The lowest BCUT2D eigenvalue weighted by atomic mass is 9.83. The van der Waals surface area contributed by atoms with Gasteiger partial charge in [-0.2, -0.15) is 0 Å². The van der Waals surface area contributed by atoms with Crippen molar-refractivity contribution in [2.45, 2.75) is 25.5 Å². The molecule has 0 N–H and O–H groups in total. The summed E-state index contributed by atoms with van der Waals surface area (Å²) in [6.07, 6.45) is 3.58. The molecule has 2 aliphatic heterocycles. The van der Waals surface area contributed by atoms with Gasteiger partial charge in [0.25, 0.3) is 5.56 Å². The molecule has 0 saturated carbocycles. The van der Waals surface area contributed by atoms with Crippen molar-refractivity contribution in [2.75, 3.05) is 21.0 Å². The minimum Gasteiger partial charge on any atom is -0.497 e. The zero-order valence-electron chi connectivity index (χ0n) is 25.3. The van der Waals surface area contributed by atoms with E-state index in [4.69, 9.17) is 28.7 Å². The summed E-state index contributed by atoms with van der Waals surface area (Å²) in [4.78, 5) is 20.0. The predicted octanol–water partition coefficient (Wildman–Crippen LogP) is 5.64. The van der Waals surface area contributed by atoms with Gasteiger partial charge in [-0.05, 0) is 83.6 Å². The van der Waals surface area contributed by atoms with Crippen LogP contribution in [0.4, 0.5) is 0 Å². The number of aromatic nitrogens is 1. The molecule has 46 heavy (non-hydrogen) atoms. The largest absolute Gasteiger partial charge is 0.497 e. The first-order chi connectivity index (χ1) is 22.6. The van der Waals surface area contributed by atoms with Crippen LogP contribution in [-0.4, -0.2) is 25.6 Å². The third-order valence-electron chi connectivity index (χ3n) is 8.62. The fourth-order valence-corrected chi connectivity index (χ4v) is 7.36. The van der Waals surface area contributed by atoms with Crippen molar-refractivity contribution < 1.29 is 23.7 Å². The fourth-order valence-electron chi connectivity index (χ4n) is 6.36. The molecule has 3 aliphatic rings. The van der Waals surface area contributed by atoms with Crippen LogP contribution in [-0.2, 0) is 13.0 Å². The normalized spacial score (nSPS) is 16.3. The van der Waals surface area contributed by atoms with E-state index in [2.05, 4.69) is 18.2 Å². The van der Waals surface area contributed by atoms with Crippen LogP contribution >= 0.6 is 11.3 Å². The third-order valence-corrected chi connectivity index (χ3v) is 9.61. The van der Waals surface area contributed by atoms with Gasteiger partial charge in [0.1, 0.15) is 23.9 Å². The number of fused-ring (bicyclic) bond motifs is 4. The summed E-state index contributed by atoms with van der Waals surface area (Å²) >= 11 is 1.40. The lowest BCUT2D eigenvalue weighted by Gasteiger charge is -2.31. The van der Waals surface area contributed by atoms with Crippen LogP contribution in [0.15, 0.2) is 100 Å². The van der Waals surface area contributed by atoms with Gasteiger partial charge in [-0.25, -0.2) is 4.99 Å². The monoisotopic (exact) mass is 630 g/mol. The standard InChI is InChI=1S/C37H30N2O6S/c1-41-26-13-16-30(42-2)29(19-26)35-28-14-10-24-5-3-4-6-27(24)34(28)38-37-39(35)36(40)33(46-37)18-22-7-11-25(12-8-22)43-20-23-9-15-31-32(17-23)45-21-44-31/h3-9,11-13,15-19,35H,10,14,20-21H2,1-2H3. The van der Waals surface area contributed by atoms with Crippen LogP contribution in [0.2, 0.25) is 0 Å². The van der Waals surface area contributed by atoms with E-state index in [0.717, 1.165) is 63.6 Å². The van der Waals surface area contributed by atoms with E-state index in [0.29, 0.717) is 27.4 Å². The molecule has 5 aromatic rings. The maximum absolute atomic E-state index is 14.2. The topological polar surface area (TPSA) is 80.5 Å². The number of thiazole rings is 1. The Bertz CT molecular complexity index is 2200. The Labute approximate surface area is 269 Å². The van der Waals surface area contributed by atoms with Gasteiger partial charge < -0.3 is 23.7 Å². The van der Waals surface area contributed by atoms with Gasteiger partial charge in [0.2, 0.25) is 6.79 Å². The molecule has 0 amide bonds. The molecule has 1 unspecified atom stereocenters. The Morgan fingerprint density at radius 3 is 2.59 bits per heavy atom. The van der Waals surface area contributed by atoms with E-state index >= 15 is 0 Å². The maximum Gasteiger partial charge on any atom is 0.271 e. The number of hydrogen-bond acceptors (Lipinski definition) is 8. The highest BCUT2D eigenvalue weighted by Gasteiger charge is 2.34. The lowest BCUT2D eigenvalue weighted by Crippen LogP contribution is -2.39. The molecule has 1 aromatic heterocycles. The first-order valence-electron chi connectivity index (χ1n) is 15.1. The molecule has 8 rings (SSSR count). The highest BCUT2D eigenvalue weighted by atomic mass is 32.1. The predicted molar refractivity (Wildman–Crippen MR) is 176 cm³/mol. The number of hydrogen-bond donors (Lipinski definition) is 0.